The van der Waals surface area contributed by atoms with Gasteiger partial charge in [-0.25, -0.2) is 4.79 Å². The predicted octanol–water partition coefficient (Wildman–Crippen LogP) is 1.25. The minimum Gasteiger partial charge on any atom is -0.461 e. The Bertz CT molecular complexity index is 681. The Balaban J connectivity index is 1.75. The van der Waals surface area contributed by atoms with Gasteiger partial charge in [0.25, 0.3) is 0 Å². The van der Waals surface area contributed by atoms with Gasteiger partial charge in [0.15, 0.2) is 6.29 Å². The highest BCUT2D eigenvalue weighted by atomic mass is 16.7. The summed E-state index contributed by atoms with van der Waals surface area (Å²) in [7, 11) is 0. The highest BCUT2D eigenvalue weighted by molar-refractivity contribution is 5.91. The SMILES string of the molecule is C=C1C(=O)O[C@H]2/C=C3/CC[C@H]4O[C@@]4(C[C@H](OC(=O)C(C)C)[C@@H]12)[C@H](O)OC3. The molecule has 5 rings (SSSR count). The summed E-state index contributed by atoms with van der Waals surface area (Å²) < 4.78 is 22.7. The number of carbonyl (C=O) groups excluding carboxylic acids is 2. The first-order valence-electron chi connectivity index (χ1n) is 9.09. The fraction of sp³-hybridized carbons (Fsp3) is 0.684. The fourth-order valence-electron chi connectivity index (χ4n) is 4.13. The Kier molecular flexibility index (Phi) is 4.21. The van der Waals surface area contributed by atoms with Crippen molar-refractivity contribution in [2.24, 2.45) is 11.8 Å². The maximum Gasteiger partial charge on any atom is 0.334 e. The molecule has 1 spiro atoms. The molecule has 0 aromatic carbocycles. The van der Waals surface area contributed by atoms with Crippen LogP contribution in [-0.4, -0.2) is 53.9 Å². The van der Waals surface area contributed by atoms with E-state index in [4.69, 9.17) is 18.9 Å². The number of aliphatic hydroxyl groups excluding tert-OH is 1. The van der Waals surface area contributed by atoms with Crippen molar-refractivity contribution >= 4 is 11.9 Å². The average Bonchev–Trinajstić information content (AvgIpc) is 3.20. The first kappa shape index (κ1) is 17.7. The van der Waals surface area contributed by atoms with Crippen molar-refractivity contribution in [3.05, 3.63) is 23.8 Å². The molecule has 1 aliphatic carbocycles. The summed E-state index contributed by atoms with van der Waals surface area (Å²) in [5.74, 6) is -1.67. The quantitative estimate of drug-likeness (QED) is 0.341. The number of aliphatic hydroxyl groups is 1. The van der Waals surface area contributed by atoms with Crippen molar-refractivity contribution in [3.8, 4) is 0 Å². The van der Waals surface area contributed by atoms with E-state index in [-0.39, 0.29) is 36.6 Å². The largest absolute Gasteiger partial charge is 0.461 e. The molecule has 3 fully saturated rings. The molecule has 0 radical (unpaired) electrons. The highest BCUT2D eigenvalue weighted by Gasteiger charge is 2.65. The molecule has 7 nitrogen and oxygen atoms in total. The molecule has 142 valence electrons. The van der Waals surface area contributed by atoms with Gasteiger partial charge >= 0.3 is 11.9 Å². The standard InChI is InChI=1S/C19H24O7/c1-9(2)16(20)25-13-7-19-14(26-19)5-4-11(8-23-18(19)22)6-12-15(13)10(3)17(21)24-12/h6,9,12-15,18,22H,3-5,7-8H2,1-2H3/b11-6-/t12-,13-,14+,15-,18+,19+/m0/s1. The van der Waals surface area contributed by atoms with Gasteiger partial charge in [0, 0.05) is 12.0 Å². The number of ether oxygens (including phenoxy) is 4. The molecule has 3 saturated heterocycles. The van der Waals surface area contributed by atoms with Crippen LogP contribution >= 0.6 is 0 Å². The summed E-state index contributed by atoms with van der Waals surface area (Å²) in [4.78, 5) is 24.4. The van der Waals surface area contributed by atoms with Crippen LogP contribution in [0.25, 0.3) is 0 Å². The second-order valence-corrected chi connectivity index (χ2v) is 7.84. The lowest BCUT2D eigenvalue weighted by molar-refractivity contribution is -0.168. The first-order valence-corrected chi connectivity index (χ1v) is 9.09. The maximum absolute atomic E-state index is 12.3. The van der Waals surface area contributed by atoms with Gasteiger partial charge in [-0.3, -0.25) is 4.79 Å². The molecule has 1 N–H and O–H groups in total. The molecule has 4 aliphatic heterocycles. The van der Waals surface area contributed by atoms with Crippen molar-refractivity contribution in [2.75, 3.05) is 6.61 Å². The zero-order valence-corrected chi connectivity index (χ0v) is 15.0. The number of esters is 2. The van der Waals surface area contributed by atoms with Gasteiger partial charge in [0.05, 0.1) is 24.5 Å². The van der Waals surface area contributed by atoms with Gasteiger partial charge in [-0.2, -0.15) is 0 Å². The van der Waals surface area contributed by atoms with E-state index < -0.39 is 36.0 Å². The van der Waals surface area contributed by atoms with Crippen LogP contribution in [0.3, 0.4) is 0 Å². The Morgan fingerprint density at radius 2 is 2.23 bits per heavy atom. The minimum atomic E-state index is -1.11. The van der Waals surface area contributed by atoms with Crippen molar-refractivity contribution in [2.45, 2.75) is 63.3 Å². The third kappa shape index (κ3) is 2.78. The van der Waals surface area contributed by atoms with E-state index in [0.717, 1.165) is 18.4 Å². The van der Waals surface area contributed by atoms with Crippen molar-refractivity contribution < 1.29 is 33.6 Å². The summed E-state index contributed by atoms with van der Waals surface area (Å²) in [6, 6.07) is 0. The number of fused-ring (bicyclic) bond motifs is 4. The molecule has 26 heavy (non-hydrogen) atoms. The normalized spacial score (nSPS) is 43.7. The zero-order chi connectivity index (χ0) is 18.6. The molecule has 0 unspecified atom stereocenters. The summed E-state index contributed by atoms with van der Waals surface area (Å²) in [5.41, 5.74) is 0.305. The number of rotatable bonds is 2. The highest BCUT2D eigenvalue weighted by Crippen LogP contribution is 2.51. The van der Waals surface area contributed by atoms with E-state index in [1.807, 2.05) is 6.08 Å². The van der Waals surface area contributed by atoms with Crippen LogP contribution in [0.2, 0.25) is 0 Å². The zero-order valence-electron chi connectivity index (χ0n) is 15.0. The van der Waals surface area contributed by atoms with Crippen LogP contribution in [0, 0.1) is 11.8 Å². The molecule has 5 aliphatic rings. The number of hydrogen-bond donors (Lipinski definition) is 1. The third-order valence-electron chi connectivity index (χ3n) is 5.74. The molecule has 2 bridgehead atoms. The smallest absolute Gasteiger partial charge is 0.334 e. The van der Waals surface area contributed by atoms with E-state index >= 15 is 0 Å². The number of hydrogen-bond acceptors (Lipinski definition) is 7. The molecule has 4 heterocycles. The molecule has 0 saturated carbocycles. The van der Waals surface area contributed by atoms with Gasteiger partial charge in [0.1, 0.15) is 17.8 Å². The summed E-state index contributed by atoms with van der Waals surface area (Å²) in [6.07, 6.45) is 1.05. The van der Waals surface area contributed by atoms with Crippen molar-refractivity contribution in [1.82, 2.24) is 0 Å². The molecule has 0 amide bonds. The molecular weight excluding hydrogens is 340 g/mol. The lowest BCUT2D eigenvalue weighted by Gasteiger charge is -2.33. The van der Waals surface area contributed by atoms with Crippen LogP contribution < -0.4 is 0 Å². The van der Waals surface area contributed by atoms with Gasteiger partial charge < -0.3 is 24.1 Å². The number of epoxide rings is 1. The topological polar surface area (TPSA) is 94.6 Å². The fourth-order valence-corrected chi connectivity index (χ4v) is 4.13. The summed E-state index contributed by atoms with van der Waals surface area (Å²) >= 11 is 0. The van der Waals surface area contributed by atoms with E-state index in [1.165, 1.54) is 0 Å². The second kappa shape index (κ2) is 6.18. The van der Waals surface area contributed by atoms with E-state index in [1.54, 1.807) is 13.8 Å². The predicted molar refractivity (Wildman–Crippen MR) is 88.7 cm³/mol. The Hall–Kier alpha value is -1.70. The molecular formula is C19H24O7. The van der Waals surface area contributed by atoms with Crippen LogP contribution in [0.1, 0.15) is 33.1 Å². The molecule has 0 aromatic rings. The third-order valence-corrected chi connectivity index (χ3v) is 5.74. The van der Waals surface area contributed by atoms with Crippen molar-refractivity contribution in [1.29, 1.82) is 0 Å². The molecule has 7 heteroatoms. The van der Waals surface area contributed by atoms with Gasteiger partial charge in [0.2, 0.25) is 0 Å². The van der Waals surface area contributed by atoms with Crippen LogP contribution in [0.4, 0.5) is 0 Å². The molecule has 6 atom stereocenters. The summed E-state index contributed by atoms with van der Waals surface area (Å²) in [6.45, 7) is 7.61. The average molecular weight is 364 g/mol. The van der Waals surface area contributed by atoms with Crippen LogP contribution in [0.15, 0.2) is 23.8 Å². The van der Waals surface area contributed by atoms with Gasteiger partial charge in [-0.1, -0.05) is 20.4 Å². The van der Waals surface area contributed by atoms with Crippen LogP contribution in [-0.2, 0) is 28.5 Å². The Morgan fingerprint density at radius 3 is 2.96 bits per heavy atom. The Morgan fingerprint density at radius 1 is 1.46 bits per heavy atom. The Labute approximate surface area is 151 Å². The monoisotopic (exact) mass is 364 g/mol. The van der Waals surface area contributed by atoms with Gasteiger partial charge in [-0.15, -0.1) is 0 Å². The van der Waals surface area contributed by atoms with E-state index in [9.17, 15) is 14.7 Å². The lowest BCUT2D eigenvalue weighted by atomic mass is 9.81. The first-order chi connectivity index (χ1) is 12.3. The van der Waals surface area contributed by atoms with E-state index in [2.05, 4.69) is 6.58 Å². The van der Waals surface area contributed by atoms with Crippen LogP contribution in [0.5, 0.6) is 0 Å². The number of carbonyl (C=O) groups is 2. The second-order valence-electron chi connectivity index (χ2n) is 7.84. The minimum absolute atomic E-state index is 0.163. The summed E-state index contributed by atoms with van der Waals surface area (Å²) in [5, 5.41) is 10.5. The molecule has 0 aromatic heterocycles. The van der Waals surface area contributed by atoms with Crippen molar-refractivity contribution in [3.63, 3.8) is 0 Å². The van der Waals surface area contributed by atoms with E-state index in [0.29, 0.717) is 0 Å². The maximum atomic E-state index is 12.3. The lowest BCUT2D eigenvalue weighted by Crippen LogP contribution is -2.45. The van der Waals surface area contributed by atoms with Gasteiger partial charge in [-0.05, 0) is 24.5 Å².